The molecule has 0 bridgehead atoms. The second-order valence-corrected chi connectivity index (χ2v) is 8.49. The molecule has 0 aromatic heterocycles. The first-order valence-corrected chi connectivity index (χ1v) is 10.4. The fourth-order valence-corrected chi connectivity index (χ4v) is 4.84. The number of rotatable bonds is 5. The molecule has 2 aliphatic rings. The molecule has 0 N–H and O–H groups in total. The first-order chi connectivity index (χ1) is 12.8. The van der Waals surface area contributed by atoms with E-state index in [1.807, 2.05) is 0 Å². The van der Waals surface area contributed by atoms with Gasteiger partial charge in [-0.15, -0.1) is 0 Å². The zero-order chi connectivity index (χ0) is 19.6. The third-order valence-corrected chi connectivity index (χ3v) is 6.77. The number of imide groups is 1. The van der Waals surface area contributed by atoms with Crippen LogP contribution in [0, 0.1) is 5.92 Å². The fourth-order valence-electron chi connectivity index (χ4n) is 3.37. The highest BCUT2D eigenvalue weighted by Gasteiger charge is 2.34. The van der Waals surface area contributed by atoms with Gasteiger partial charge >= 0.3 is 5.97 Å². The Hall–Kier alpha value is -2.26. The van der Waals surface area contributed by atoms with Gasteiger partial charge in [0.25, 0.3) is 0 Å². The lowest BCUT2D eigenvalue weighted by atomic mass is 9.98. The Labute approximate surface area is 158 Å². The van der Waals surface area contributed by atoms with Crippen LogP contribution in [-0.4, -0.2) is 50.2 Å². The molecular weight excluding hydrogens is 372 g/mol. The summed E-state index contributed by atoms with van der Waals surface area (Å²) in [6, 6.07) is 5.75. The van der Waals surface area contributed by atoms with E-state index in [-0.39, 0.29) is 54.5 Å². The predicted molar refractivity (Wildman–Crippen MR) is 96.3 cm³/mol. The van der Waals surface area contributed by atoms with Gasteiger partial charge in [0, 0.05) is 25.9 Å². The Bertz CT molecular complexity index is 825. The smallest absolute Gasteiger partial charge is 0.309 e. The highest BCUT2D eigenvalue weighted by Crippen LogP contribution is 2.27. The second kappa shape index (κ2) is 7.77. The van der Waals surface area contributed by atoms with Gasteiger partial charge in [0.15, 0.2) is 0 Å². The number of sulfonamides is 1. The minimum absolute atomic E-state index is 0.0972. The standard InChI is InChI=1S/C18H22N2O6S/c1-2-26-18(23)13-9-11-19(12-10-13)27(24,25)15-5-3-14(4-6-15)20-16(21)7-8-17(20)22/h3-6,13H,2,7-12H2,1H3. The molecule has 2 aliphatic heterocycles. The van der Waals surface area contributed by atoms with Gasteiger partial charge in [-0.05, 0) is 44.0 Å². The molecule has 146 valence electrons. The molecule has 0 radical (unpaired) electrons. The first-order valence-electron chi connectivity index (χ1n) is 8.97. The minimum atomic E-state index is -3.70. The van der Waals surface area contributed by atoms with Crippen molar-refractivity contribution in [3.05, 3.63) is 24.3 Å². The van der Waals surface area contributed by atoms with Crippen LogP contribution in [0.2, 0.25) is 0 Å². The number of anilines is 1. The average Bonchev–Trinajstić information content (AvgIpc) is 3.00. The molecule has 0 unspecified atom stereocenters. The van der Waals surface area contributed by atoms with Crippen LogP contribution < -0.4 is 4.90 Å². The highest BCUT2D eigenvalue weighted by molar-refractivity contribution is 7.89. The summed E-state index contributed by atoms with van der Waals surface area (Å²) in [4.78, 5) is 36.5. The van der Waals surface area contributed by atoms with Crippen LogP contribution in [0.15, 0.2) is 29.2 Å². The monoisotopic (exact) mass is 394 g/mol. The Morgan fingerprint density at radius 2 is 1.63 bits per heavy atom. The maximum Gasteiger partial charge on any atom is 0.309 e. The molecule has 1 aromatic rings. The van der Waals surface area contributed by atoms with E-state index in [4.69, 9.17) is 4.74 Å². The Morgan fingerprint density at radius 1 is 1.07 bits per heavy atom. The van der Waals surface area contributed by atoms with Crippen molar-refractivity contribution in [2.75, 3.05) is 24.6 Å². The van der Waals surface area contributed by atoms with E-state index in [1.54, 1.807) is 6.92 Å². The summed E-state index contributed by atoms with van der Waals surface area (Å²) in [6.07, 6.45) is 1.20. The average molecular weight is 394 g/mol. The lowest BCUT2D eigenvalue weighted by Gasteiger charge is -2.30. The minimum Gasteiger partial charge on any atom is -0.466 e. The van der Waals surface area contributed by atoms with Gasteiger partial charge in [-0.25, -0.2) is 8.42 Å². The second-order valence-electron chi connectivity index (χ2n) is 6.55. The molecular formula is C18H22N2O6S. The van der Waals surface area contributed by atoms with Crippen LogP contribution in [0.5, 0.6) is 0 Å². The highest BCUT2D eigenvalue weighted by atomic mass is 32.2. The van der Waals surface area contributed by atoms with Crippen molar-refractivity contribution in [1.29, 1.82) is 0 Å². The van der Waals surface area contributed by atoms with Gasteiger partial charge in [-0.2, -0.15) is 4.31 Å². The SMILES string of the molecule is CCOC(=O)C1CCN(S(=O)(=O)c2ccc(N3C(=O)CCC3=O)cc2)CC1. The molecule has 0 spiro atoms. The molecule has 2 saturated heterocycles. The molecule has 0 saturated carbocycles. The van der Waals surface area contributed by atoms with Gasteiger partial charge < -0.3 is 4.74 Å². The molecule has 0 atom stereocenters. The van der Waals surface area contributed by atoms with E-state index < -0.39 is 10.0 Å². The lowest BCUT2D eigenvalue weighted by molar-refractivity contribution is -0.149. The number of nitrogens with zero attached hydrogens (tertiary/aromatic N) is 2. The van der Waals surface area contributed by atoms with Crippen LogP contribution >= 0.6 is 0 Å². The third-order valence-electron chi connectivity index (χ3n) is 4.86. The summed E-state index contributed by atoms with van der Waals surface area (Å²) in [5.74, 6) is -1.11. The maximum atomic E-state index is 12.8. The number of esters is 1. The van der Waals surface area contributed by atoms with Gasteiger partial charge in [0.1, 0.15) is 0 Å². The van der Waals surface area contributed by atoms with E-state index in [9.17, 15) is 22.8 Å². The summed E-state index contributed by atoms with van der Waals surface area (Å²) in [6.45, 7) is 2.55. The van der Waals surface area contributed by atoms with E-state index in [2.05, 4.69) is 0 Å². The van der Waals surface area contributed by atoms with Crippen LogP contribution in [0.3, 0.4) is 0 Å². The van der Waals surface area contributed by atoms with Crippen molar-refractivity contribution in [2.45, 2.75) is 37.5 Å². The summed E-state index contributed by atoms with van der Waals surface area (Å²) in [5.41, 5.74) is 0.377. The van der Waals surface area contributed by atoms with Gasteiger partial charge in [-0.3, -0.25) is 19.3 Å². The molecule has 2 fully saturated rings. The van der Waals surface area contributed by atoms with E-state index in [1.165, 1.54) is 28.6 Å². The van der Waals surface area contributed by atoms with Crippen molar-refractivity contribution >= 4 is 33.5 Å². The molecule has 1 aromatic carbocycles. The number of ether oxygens (including phenoxy) is 1. The maximum absolute atomic E-state index is 12.8. The number of hydrogen-bond donors (Lipinski definition) is 0. The normalized spacial score (nSPS) is 19.5. The van der Waals surface area contributed by atoms with Crippen molar-refractivity contribution in [2.24, 2.45) is 5.92 Å². The van der Waals surface area contributed by atoms with Crippen LogP contribution in [0.25, 0.3) is 0 Å². The topological polar surface area (TPSA) is 101 Å². The van der Waals surface area contributed by atoms with Crippen molar-refractivity contribution in [3.8, 4) is 0 Å². The quantitative estimate of drug-likeness (QED) is 0.551. The molecule has 2 amide bonds. The number of carbonyl (C=O) groups excluding carboxylic acids is 3. The number of benzene rings is 1. The summed E-state index contributed by atoms with van der Waals surface area (Å²) in [5, 5.41) is 0. The van der Waals surface area contributed by atoms with Crippen LogP contribution in [-0.2, 0) is 29.1 Å². The molecule has 8 nitrogen and oxygen atoms in total. The Balaban J connectivity index is 1.70. The molecule has 3 rings (SSSR count). The first kappa shape index (κ1) is 19.5. The molecule has 0 aliphatic carbocycles. The van der Waals surface area contributed by atoms with Gasteiger partial charge in [-0.1, -0.05) is 0 Å². The Kier molecular flexibility index (Phi) is 5.61. The molecule has 2 heterocycles. The lowest BCUT2D eigenvalue weighted by Crippen LogP contribution is -2.40. The fraction of sp³-hybridized carbons (Fsp3) is 0.500. The van der Waals surface area contributed by atoms with Crippen molar-refractivity contribution in [1.82, 2.24) is 4.31 Å². The molecule has 9 heteroatoms. The predicted octanol–water partition coefficient (Wildman–Crippen LogP) is 1.30. The largest absolute Gasteiger partial charge is 0.466 e. The van der Waals surface area contributed by atoms with Gasteiger partial charge in [0.2, 0.25) is 21.8 Å². The molecule has 27 heavy (non-hydrogen) atoms. The third kappa shape index (κ3) is 3.89. The Morgan fingerprint density at radius 3 is 2.15 bits per heavy atom. The zero-order valence-corrected chi connectivity index (χ0v) is 15.9. The summed E-state index contributed by atoms with van der Waals surface area (Å²) < 4.78 is 32.0. The van der Waals surface area contributed by atoms with E-state index in [0.717, 1.165) is 4.90 Å². The summed E-state index contributed by atoms with van der Waals surface area (Å²) in [7, 11) is -3.70. The number of amides is 2. The summed E-state index contributed by atoms with van der Waals surface area (Å²) >= 11 is 0. The number of piperidine rings is 1. The van der Waals surface area contributed by atoms with Crippen LogP contribution in [0.4, 0.5) is 5.69 Å². The van der Waals surface area contributed by atoms with E-state index in [0.29, 0.717) is 25.1 Å². The zero-order valence-electron chi connectivity index (χ0n) is 15.1. The van der Waals surface area contributed by atoms with Crippen molar-refractivity contribution in [3.63, 3.8) is 0 Å². The van der Waals surface area contributed by atoms with E-state index >= 15 is 0 Å². The number of hydrogen-bond acceptors (Lipinski definition) is 6. The van der Waals surface area contributed by atoms with Crippen molar-refractivity contribution < 1.29 is 27.5 Å². The van der Waals surface area contributed by atoms with Gasteiger partial charge in [0.05, 0.1) is 23.1 Å². The number of carbonyl (C=O) groups is 3. The van der Waals surface area contributed by atoms with Crippen LogP contribution in [0.1, 0.15) is 32.6 Å².